The molecular formula is C12H14. The summed E-state index contributed by atoms with van der Waals surface area (Å²) in [4.78, 5) is 0. The Hall–Kier alpha value is -1.04. The first-order valence-electron chi connectivity index (χ1n) is 4.53. The standard InChI is InChI=1S/C12H14/c1-9-7-8-10(2)12-6-4-3-5-11(9)12/h3-6H,7-8H2,1-2H3. The Balaban J connectivity index is 2.95. The molecule has 1 aromatic rings. The van der Waals surface area contributed by atoms with Gasteiger partial charge in [0.1, 0.15) is 0 Å². The molecule has 0 aliphatic heterocycles. The third-order valence-electron chi connectivity index (χ3n) is 2.72. The van der Waals surface area contributed by atoms with Gasteiger partial charge in [0.05, 0.1) is 0 Å². The first kappa shape index (κ1) is 7.60. The molecule has 2 rings (SSSR count). The molecule has 0 atom stereocenters. The molecule has 0 N–H and O–H groups in total. The van der Waals surface area contributed by atoms with Gasteiger partial charge in [-0.1, -0.05) is 35.4 Å². The molecule has 12 heavy (non-hydrogen) atoms. The number of rotatable bonds is 0. The minimum Gasteiger partial charge on any atom is -0.0652 e. The van der Waals surface area contributed by atoms with Gasteiger partial charge in [-0.15, -0.1) is 0 Å². The van der Waals surface area contributed by atoms with Crippen LogP contribution < -0.4 is 10.4 Å². The summed E-state index contributed by atoms with van der Waals surface area (Å²) < 4.78 is 0. The van der Waals surface area contributed by atoms with Gasteiger partial charge in [-0.2, -0.15) is 0 Å². The average Bonchev–Trinajstić information content (AvgIpc) is 2.12. The molecule has 0 unspecified atom stereocenters. The molecule has 0 fully saturated rings. The highest BCUT2D eigenvalue weighted by atomic mass is 14.1. The molecule has 1 aliphatic carbocycles. The second-order valence-corrected chi connectivity index (χ2v) is 3.61. The number of hydrogen-bond donors (Lipinski definition) is 0. The van der Waals surface area contributed by atoms with Gasteiger partial charge >= 0.3 is 0 Å². The first-order valence-corrected chi connectivity index (χ1v) is 4.53. The smallest absolute Gasteiger partial charge is 0.0195 e. The van der Waals surface area contributed by atoms with E-state index >= 15 is 0 Å². The fourth-order valence-electron chi connectivity index (χ4n) is 1.87. The van der Waals surface area contributed by atoms with Crippen molar-refractivity contribution in [1.29, 1.82) is 0 Å². The molecule has 0 amide bonds. The van der Waals surface area contributed by atoms with Crippen LogP contribution >= 0.6 is 0 Å². The van der Waals surface area contributed by atoms with E-state index in [-0.39, 0.29) is 0 Å². The maximum atomic E-state index is 2.24. The van der Waals surface area contributed by atoms with Crippen LogP contribution in [0.5, 0.6) is 0 Å². The maximum absolute atomic E-state index is 2.24. The lowest BCUT2D eigenvalue weighted by Gasteiger charge is -2.10. The van der Waals surface area contributed by atoms with Gasteiger partial charge in [-0.3, -0.25) is 0 Å². The zero-order valence-electron chi connectivity index (χ0n) is 7.72. The molecule has 0 nitrogen and oxygen atoms in total. The summed E-state index contributed by atoms with van der Waals surface area (Å²) >= 11 is 0. The van der Waals surface area contributed by atoms with Gasteiger partial charge < -0.3 is 0 Å². The van der Waals surface area contributed by atoms with Crippen molar-refractivity contribution in [2.24, 2.45) is 0 Å². The van der Waals surface area contributed by atoms with Gasteiger partial charge in [0.2, 0.25) is 0 Å². The monoisotopic (exact) mass is 158 g/mol. The van der Waals surface area contributed by atoms with Crippen LogP contribution in [-0.4, -0.2) is 0 Å². The molecule has 0 radical (unpaired) electrons. The molecule has 62 valence electrons. The van der Waals surface area contributed by atoms with E-state index in [9.17, 15) is 0 Å². The Morgan fingerprint density at radius 1 is 0.833 bits per heavy atom. The summed E-state index contributed by atoms with van der Waals surface area (Å²) in [6.07, 6.45) is 2.48. The van der Waals surface area contributed by atoms with Gasteiger partial charge in [0, 0.05) is 0 Å². The van der Waals surface area contributed by atoms with E-state index in [2.05, 4.69) is 38.1 Å². The SMILES string of the molecule is CC1=c2ccccc2=C(C)CC1. The average molecular weight is 158 g/mol. The van der Waals surface area contributed by atoms with E-state index in [1.54, 1.807) is 0 Å². The summed E-state index contributed by atoms with van der Waals surface area (Å²) in [7, 11) is 0. The van der Waals surface area contributed by atoms with Crippen LogP contribution in [-0.2, 0) is 0 Å². The van der Waals surface area contributed by atoms with E-state index < -0.39 is 0 Å². The molecule has 0 saturated carbocycles. The van der Waals surface area contributed by atoms with E-state index in [4.69, 9.17) is 0 Å². The second-order valence-electron chi connectivity index (χ2n) is 3.61. The highest BCUT2D eigenvalue weighted by Gasteiger charge is 2.02. The fourth-order valence-corrected chi connectivity index (χ4v) is 1.87. The summed E-state index contributed by atoms with van der Waals surface area (Å²) in [6.45, 7) is 4.48. The summed E-state index contributed by atoms with van der Waals surface area (Å²) in [6, 6.07) is 8.71. The lowest BCUT2D eigenvalue weighted by Crippen LogP contribution is -2.30. The minimum atomic E-state index is 1.24. The van der Waals surface area contributed by atoms with E-state index in [1.807, 2.05) is 0 Å². The van der Waals surface area contributed by atoms with Crippen molar-refractivity contribution in [3.63, 3.8) is 0 Å². The molecule has 0 saturated heterocycles. The molecule has 0 bridgehead atoms. The third-order valence-corrected chi connectivity index (χ3v) is 2.72. The van der Waals surface area contributed by atoms with Crippen molar-refractivity contribution in [2.75, 3.05) is 0 Å². The van der Waals surface area contributed by atoms with Crippen LogP contribution in [0.15, 0.2) is 24.3 Å². The van der Waals surface area contributed by atoms with Crippen LogP contribution in [0.3, 0.4) is 0 Å². The molecule has 0 heteroatoms. The van der Waals surface area contributed by atoms with Crippen molar-refractivity contribution in [2.45, 2.75) is 26.7 Å². The van der Waals surface area contributed by atoms with Crippen LogP contribution in [0, 0.1) is 0 Å². The Kier molecular flexibility index (Phi) is 1.76. The zero-order valence-corrected chi connectivity index (χ0v) is 7.72. The molecule has 0 heterocycles. The largest absolute Gasteiger partial charge is 0.0652 e. The molecule has 0 spiro atoms. The quantitative estimate of drug-likeness (QED) is 0.540. The van der Waals surface area contributed by atoms with Crippen molar-refractivity contribution in [3.8, 4) is 0 Å². The Morgan fingerprint density at radius 2 is 1.25 bits per heavy atom. The number of benzene rings is 1. The first-order chi connectivity index (χ1) is 5.79. The highest BCUT2D eigenvalue weighted by Crippen LogP contribution is 2.12. The summed E-state index contributed by atoms with van der Waals surface area (Å²) in [5.74, 6) is 0. The summed E-state index contributed by atoms with van der Waals surface area (Å²) in [5.41, 5.74) is 3.08. The predicted octanol–water partition coefficient (Wildman–Crippen LogP) is 1.82. The van der Waals surface area contributed by atoms with Gasteiger partial charge in [0.15, 0.2) is 0 Å². The Morgan fingerprint density at radius 3 is 1.67 bits per heavy atom. The van der Waals surface area contributed by atoms with Crippen molar-refractivity contribution in [1.82, 2.24) is 0 Å². The lowest BCUT2D eigenvalue weighted by molar-refractivity contribution is 1.02. The molecular weight excluding hydrogens is 144 g/mol. The van der Waals surface area contributed by atoms with E-state index in [1.165, 1.54) is 34.4 Å². The van der Waals surface area contributed by atoms with Crippen LogP contribution in [0.4, 0.5) is 0 Å². The topological polar surface area (TPSA) is 0 Å². The summed E-state index contributed by atoms with van der Waals surface area (Å²) in [5, 5.41) is 2.92. The number of hydrogen-bond acceptors (Lipinski definition) is 0. The van der Waals surface area contributed by atoms with Gasteiger partial charge in [0.25, 0.3) is 0 Å². The van der Waals surface area contributed by atoms with Gasteiger partial charge in [-0.05, 0) is 37.1 Å². The molecule has 0 aromatic heterocycles. The fraction of sp³-hybridized carbons (Fsp3) is 0.333. The van der Waals surface area contributed by atoms with Crippen molar-refractivity contribution >= 4 is 11.1 Å². The van der Waals surface area contributed by atoms with Crippen molar-refractivity contribution < 1.29 is 0 Å². The third kappa shape index (κ3) is 1.08. The second kappa shape index (κ2) is 2.78. The highest BCUT2D eigenvalue weighted by molar-refractivity contribution is 5.55. The molecule has 1 aromatic carbocycles. The van der Waals surface area contributed by atoms with Crippen molar-refractivity contribution in [3.05, 3.63) is 34.7 Å². The predicted molar refractivity (Wildman–Crippen MR) is 53.1 cm³/mol. The van der Waals surface area contributed by atoms with Crippen LogP contribution in [0.2, 0.25) is 0 Å². The van der Waals surface area contributed by atoms with E-state index in [0.29, 0.717) is 0 Å². The Bertz CT molecular complexity index is 369. The zero-order chi connectivity index (χ0) is 8.55. The van der Waals surface area contributed by atoms with Gasteiger partial charge in [-0.25, -0.2) is 0 Å². The van der Waals surface area contributed by atoms with E-state index in [0.717, 1.165) is 0 Å². The van der Waals surface area contributed by atoms with Crippen LogP contribution in [0.1, 0.15) is 26.7 Å². The minimum absolute atomic E-state index is 1.24. The molecule has 1 aliphatic rings. The maximum Gasteiger partial charge on any atom is -0.0195 e. The van der Waals surface area contributed by atoms with Crippen LogP contribution in [0.25, 0.3) is 11.1 Å². The number of fused-ring (bicyclic) bond motifs is 1. The lowest BCUT2D eigenvalue weighted by atomic mass is 9.96. The Labute approximate surface area is 73.2 Å². The normalized spacial score (nSPS) is 16.2.